The first-order chi connectivity index (χ1) is 15.1. The van der Waals surface area contributed by atoms with E-state index in [0.29, 0.717) is 30.7 Å². The van der Waals surface area contributed by atoms with Gasteiger partial charge in [0.05, 0.1) is 4.88 Å². The van der Waals surface area contributed by atoms with Gasteiger partial charge in [-0.05, 0) is 42.3 Å². The molecular formula is C25H29N3O2S. The van der Waals surface area contributed by atoms with E-state index in [0.717, 1.165) is 34.9 Å². The van der Waals surface area contributed by atoms with Crippen LogP contribution in [0.4, 0.5) is 0 Å². The molecule has 2 amide bonds. The van der Waals surface area contributed by atoms with Crippen molar-refractivity contribution in [1.82, 2.24) is 10.6 Å². The molecule has 1 aliphatic rings. The van der Waals surface area contributed by atoms with Crippen molar-refractivity contribution in [2.24, 2.45) is 5.73 Å². The van der Waals surface area contributed by atoms with Gasteiger partial charge in [0.25, 0.3) is 5.91 Å². The number of rotatable bonds is 7. The van der Waals surface area contributed by atoms with Gasteiger partial charge in [0.2, 0.25) is 5.91 Å². The van der Waals surface area contributed by atoms with Crippen LogP contribution in [-0.4, -0.2) is 29.9 Å². The summed E-state index contributed by atoms with van der Waals surface area (Å²) in [6.45, 7) is 0.348. The maximum absolute atomic E-state index is 13.4. The summed E-state index contributed by atoms with van der Waals surface area (Å²) in [5.41, 5.74) is 6.23. The average molecular weight is 436 g/mol. The first-order valence-electron chi connectivity index (χ1n) is 11.0. The highest BCUT2D eigenvalue weighted by atomic mass is 32.1. The van der Waals surface area contributed by atoms with E-state index in [1.54, 1.807) is 0 Å². The Morgan fingerprint density at radius 3 is 2.42 bits per heavy atom. The van der Waals surface area contributed by atoms with Crippen LogP contribution in [0.15, 0.2) is 60.7 Å². The van der Waals surface area contributed by atoms with Gasteiger partial charge in [-0.3, -0.25) is 9.59 Å². The molecule has 2 aromatic carbocycles. The average Bonchev–Trinajstić information content (AvgIpc) is 3.24. The summed E-state index contributed by atoms with van der Waals surface area (Å²) >= 11 is 1.46. The van der Waals surface area contributed by atoms with Crippen LogP contribution in [0.2, 0.25) is 0 Å². The summed E-state index contributed by atoms with van der Waals surface area (Å²) in [6, 6.07) is 19.7. The summed E-state index contributed by atoms with van der Waals surface area (Å²) in [7, 11) is 0. The maximum atomic E-state index is 13.4. The van der Waals surface area contributed by atoms with Gasteiger partial charge in [-0.1, -0.05) is 67.8 Å². The van der Waals surface area contributed by atoms with Gasteiger partial charge < -0.3 is 16.4 Å². The molecule has 1 aromatic heterocycles. The van der Waals surface area contributed by atoms with Gasteiger partial charge in [0.15, 0.2) is 0 Å². The largest absolute Gasteiger partial charge is 0.350 e. The minimum absolute atomic E-state index is 0.118. The van der Waals surface area contributed by atoms with Gasteiger partial charge >= 0.3 is 0 Å². The topological polar surface area (TPSA) is 84.2 Å². The Kier molecular flexibility index (Phi) is 6.68. The van der Waals surface area contributed by atoms with E-state index >= 15 is 0 Å². The predicted octanol–water partition coefficient (Wildman–Crippen LogP) is 4.02. The number of amides is 2. The number of carbonyl (C=O) groups is 2. The van der Waals surface area contributed by atoms with E-state index in [1.165, 1.54) is 11.3 Å². The first kappa shape index (κ1) is 21.5. The van der Waals surface area contributed by atoms with Gasteiger partial charge in [0, 0.05) is 17.3 Å². The van der Waals surface area contributed by atoms with Gasteiger partial charge in [0.1, 0.15) is 5.54 Å². The van der Waals surface area contributed by atoms with Crippen molar-refractivity contribution >= 4 is 33.2 Å². The second kappa shape index (κ2) is 9.62. The third-order valence-electron chi connectivity index (χ3n) is 6.09. The van der Waals surface area contributed by atoms with Crippen molar-refractivity contribution in [3.63, 3.8) is 0 Å². The van der Waals surface area contributed by atoms with Gasteiger partial charge in [-0.25, -0.2) is 0 Å². The van der Waals surface area contributed by atoms with Crippen molar-refractivity contribution in [2.75, 3.05) is 6.54 Å². The van der Waals surface area contributed by atoms with E-state index in [2.05, 4.69) is 10.6 Å². The number of nitrogens with one attached hydrogen (secondary N) is 2. The lowest BCUT2D eigenvalue weighted by Gasteiger charge is -2.37. The molecule has 0 aliphatic heterocycles. The molecule has 0 radical (unpaired) electrons. The SMILES string of the molecule is NCC(Cc1ccccc1)NC(=O)C1(NC(=O)c2cc3ccccc3s2)CCCCC1. The lowest BCUT2D eigenvalue weighted by molar-refractivity contribution is -0.129. The van der Waals surface area contributed by atoms with Crippen LogP contribution < -0.4 is 16.4 Å². The van der Waals surface area contributed by atoms with Crippen LogP contribution in [0, 0.1) is 0 Å². The molecule has 5 nitrogen and oxygen atoms in total. The molecule has 4 rings (SSSR count). The Bertz CT molecular complexity index is 1010. The summed E-state index contributed by atoms with van der Waals surface area (Å²) < 4.78 is 1.07. The molecule has 1 fully saturated rings. The number of benzene rings is 2. The van der Waals surface area contributed by atoms with Crippen molar-refractivity contribution in [3.8, 4) is 0 Å². The number of nitrogens with two attached hydrogens (primary N) is 1. The molecule has 1 aliphatic carbocycles. The molecule has 1 saturated carbocycles. The van der Waals surface area contributed by atoms with Crippen LogP contribution in [0.1, 0.15) is 47.3 Å². The number of fused-ring (bicyclic) bond motifs is 1. The quantitative estimate of drug-likeness (QED) is 0.524. The number of hydrogen-bond donors (Lipinski definition) is 3. The van der Waals surface area contributed by atoms with Crippen molar-refractivity contribution in [2.45, 2.75) is 50.1 Å². The van der Waals surface area contributed by atoms with Gasteiger partial charge in [-0.2, -0.15) is 0 Å². The second-order valence-electron chi connectivity index (χ2n) is 8.34. The van der Waals surface area contributed by atoms with Crippen molar-refractivity contribution < 1.29 is 9.59 Å². The van der Waals surface area contributed by atoms with E-state index in [-0.39, 0.29) is 17.9 Å². The molecule has 1 heterocycles. The van der Waals surface area contributed by atoms with E-state index in [1.807, 2.05) is 60.7 Å². The number of hydrogen-bond acceptors (Lipinski definition) is 4. The monoisotopic (exact) mass is 435 g/mol. The highest BCUT2D eigenvalue weighted by molar-refractivity contribution is 7.20. The molecule has 0 spiro atoms. The predicted molar refractivity (Wildman–Crippen MR) is 126 cm³/mol. The first-order valence-corrected chi connectivity index (χ1v) is 11.8. The highest BCUT2D eigenvalue weighted by Gasteiger charge is 2.41. The summed E-state index contributed by atoms with van der Waals surface area (Å²) in [4.78, 5) is 27.2. The molecule has 4 N–H and O–H groups in total. The third kappa shape index (κ3) is 4.97. The van der Waals surface area contributed by atoms with Crippen LogP contribution in [0.5, 0.6) is 0 Å². The van der Waals surface area contributed by atoms with Crippen LogP contribution in [-0.2, 0) is 11.2 Å². The van der Waals surface area contributed by atoms with Crippen LogP contribution in [0.25, 0.3) is 10.1 Å². The minimum atomic E-state index is -0.879. The van der Waals surface area contributed by atoms with Crippen molar-refractivity contribution in [1.29, 1.82) is 0 Å². The minimum Gasteiger partial charge on any atom is -0.350 e. The fourth-order valence-corrected chi connectivity index (χ4v) is 5.31. The number of thiophene rings is 1. The Hall–Kier alpha value is -2.70. The van der Waals surface area contributed by atoms with E-state index < -0.39 is 5.54 Å². The highest BCUT2D eigenvalue weighted by Crippen LogP contribution is 2.31. The van der Waals surface area contributed by atoms with Crippen LogP contribution in [0.3, 0.4) is 0 Å². The maximum Gasteiger partial charge on any atom is 0.262 e. The Balaban J connectivity index is 1.50. The Morgan fingerprint density at radius 2 is 1.71 bits per heavy atom. The third-order valence-corrected chi connectivity index (χ3v) is 7.20. The smallest absolute Gasteiger partial charge is 0.262 e. The molecule has 6 heteroatoms. The van der Waals surface area contributed by atoms with E-state index in [9.17, 15) is 9.59 Å². The molecule has 0 saturated heterocycles. The van der Waals surface area contributed by atoms with Gasteiger partial charge in [-0.15, -0.1) is 11.3 Å². The molecule has 31 heavy (non-hydrogen) atoms. The zero-order valence-electron chi connectivity index (χ0n) is 17.6. The molecule has 162 valence electrons. The fourth-order valence-electron chi connectivity index (χ4n) is 4.35. The Morgan fingerprint density at radius 1 is 1.00 bits per heavy atom. The zero-order valence-corrected chi connectivity index (χ0v) is 18.4. The summed E-state index contributed by atoms with van der Waals surface area (Å²) in [5, 5.41) is 7.30. The lowest BCUT2D eigenvalue weighted by Crippen LogP contribution is -2.62. The normalized spacial score (nSPS) is 16.5. The summed E-state index contributed by atoms with van der Waals surface area (Å²) in [6.07, 6.45) is 4.90. The lowest BCUT2D eigenvalue weighted by atomic mass is 9.80. The molecular weight excluding hydrogens is 406 g/mol. The van der Waals surface area contributed by atoms with Crippen molar-refractivity contribution in [3.05, 3.63) is 71.1 Å². The fraction of sp³-hybridized carbons (Fsp3) is 0.360. The second-order valence-corrected chi connectivity index (χ2v) is 9.42. The van der Waals surface area contributed by atoms with E-state index in [4.69, 9.17) is 5.73 Å². The zero-order chi connectivity index (χ0) is 21.7. The molecule has 0 bridgehead atoms. The number of carbonyl (C=O) groups excluding carboxylic acids is 2. The molecule has 1 unspecified atom stereocenters. The van der Waals surface area contributed by atoms with Crippen LogP contribution >= 0.6 is 11.3 Å². The molecule has 3 aromatic rings. The molecule has 1 atom stereocenters. The Labute approximate surface area is 187 Å². The standard InChI is InChI=1S/C25H29N3O2S/c26-17-20(15-18-9-3-1-4-10-18)27-24(30)25(13-7-2-8-14-25)28-23(29)22-16-19-11-5-6-12-21(19)31-22/h1,3-6,9-12,16,20H,2,7-8,13-15,17,26H2,(H,27,30)(H,28,29). The summed E-state index contributed by atoms with van der Waals surface area (Å²) in [5.74, 6) is -0.293.